The summed E-state index contributed by atoms with van der Waals surface area (Å²) in [7, 11) is 0. The highest BCUT2D eigenvalue weighted by molar-refractivity contribution is 7.99. The molecule has 1 fully saturated rings. The van der Waals surface area contributed by atoms with Crippen molar-refractivity contribution in [2.75, 3.05) is 16.9 Å². The summed E-state index contributed by atoms with van der Waals surface area (Å²) < 4.78 is 1.70. The summed E-state index contributed by atoms with van der Waals surface area (Å²) >= 11 is 1.59. The van der Waals surface area contributed by atoms with Crippen LogP contribution in [-0.2, 0) is 9.59 Å². The van der Waals surface area contributed by atoms with E-state index in [-0.39, 0.29) is 11.8 Å². The van der Waals surface area contributed by atoms with Crippen molar-refractivity contribution in [2.24, 2.45) is 0 Å². The van der Waals surface area contributed by atoms with E-state index in [9.17, 15) is 9.59 Å². The fourth-order valence-corrected chi connectivity index (χ4v) is 3.97. The largest absolute Gasteiger partial charge is 0.322 e. The van der Waals surface area contributed by atoms with Crippen molar-refractivity contribution >= 4 is 29.3 Å². The van der Waals surface area contributed by atoms with Crippen molar-refractivity contribution in [3.63, 3.8) is 0 Å². The summed E-state index contributed by atoms with van der Waals surface area (Å²) in [5.74, 6) is 0.885. The highest BCUT2D eigenvalue weighted by atomic mass is 32.2. The maximum absolute atomic E-state index is 12.7. The number of rotatable bonds is 5. The first-order chi connectivity index (χ1) is 12.6. The molecule has 1 aromatic heterocycles. The van der Waals surface area contributed by atoms with Gasteiger partial charge in [-0.1, -0.05) is 31.2 Å². The monoisotopic (exact) mass is 370 g/mol. The Hall–Kier alpha value is -2.54. The van der Waals surface area contributed by atoms with Crippen LogP contribution in [0.4, 0.5) is 5.69 Å². The van der Waals surface area contributed by atoms with Crippen molar-refractivity contribution in [1.29, 1.82) is 0 Å². The van der Waals surface area contributed by atoms with Gasteiger partial charge in [-0.2, -0.15) is 5.10 Å². The zero-order valence-electron chi connectivity index (χ0n) is 14.9. The molecule has 0 saturated carbocycles. The van der Waals surface area contributed by atoms with E-state index >= 15 is 0 Å². The smallest absolute Gasteiger partial charge is 0.250 e. The Labute approximate surface area is 157 Å². The van der Waals surface area contributed by atoms with Crippen LogP contribution in [0.5, 0.6) is 0 Å². The molecule has 2 aromatic rings. The number of para-hydroxylation sites is 1. The van der Waals surface area contributed by atoms with Gasteiger partial charge < -0.3 is 10.2 Å². The number of hydrogen-bond acceptors (Lipinski definition) is 4. The van der Waals surface area contributed by atoms with Crippen LogP contribution in [0.2, 0.25) is 0 Å². The highest BCUT2D eigenvalue weighted by Crippen LogP contribution is 2.24. The standard InChI is InChI=1S/C19H22N4O2S/c1-3-7-14(2)19(25)22-13-26-12-17(22)18(24)21-15-10-20-23(11-15)16-8-5-4-6-9-16/h4-11,17H,3,12-13H2,1-2H3,(H,21,24)/b14-7-. The summed E-state index contributed by atoms with van der Waals surface area (Å²) in [6.07, 6.45) is 6.07. The van der Waals surface area contributed by atoms with Gasteiger partial charge in [-0.25, -0.2) is 4.68 Å². The van der Waals surface area contributed by atoms with E-state index in [1.54, 1.807) is 40.7 Å². The third-order valence-corrected chi connectivity index (χ3v) is 5.18. The van der Waals surface area contributed by atoms with Crippen molar-refractivity contribution in [1.82, 2.24) is 14.7 Å². The predicted molar refractivity (Wildman–Crippen MR) is 104 cm³/mol. The molecule has 3 rings (SSSR count). The normalized spacial score (nSPS) is 17.4. The van der Waals surface area contributed by atoms with Gasteiger partial charge in [0.1, 0.15) is 6.04 Å². The summed E-state index contributed by atoms with van der Waals surface area (Å²) in [5, 5.41) is 7.16. The minimum Gasteiger partial charge on any atom is -0.322 e. The van der Waals surface area contributed by atoms with Crippen LogP contribution < -0.4 is 5.32 Å². The zero-order valence-corrected chi connectivity index (χ0v) is 15.7. The fraction of sp³-hybridized carbons (Fsp3) is 0.316. The van der Waals surface area contributed by atoms with Crippen LogP contribution in [0.25, 0.3) is 5.69 Å². The van der Waals surface area contributed by atoms with Gasteiger partial charge in [-0.3, -0.25) is 9.59 Å². The zero-order chi connectivity index (χ0) is 18.5. The Bertz CT molecular complexity index is 816. The molecule has 0 aliphatic carbocycles. The van der Waals surface area contributed by atoms with Crippen molar-refractivity contribution in [3.05, 3.63) is 54.4 Å². The van der Waals surface area contributed by atoms with Crippen molar-refractivity contribution in [3.8, 4) is 5.69 Å². The van der Waals surface area contributed by atoms with E-state index in [0.717, 1.165) is 12.1 Å². The fourth-order valence-electron chi connectivity index (χ4n) is 2.81. The van der Waals surface area contributed by atoms with Gasteiger partial charge in [0.25, 0.3) is 5.91 Å². The molecule has 2 amide bonds. The number of nitrogens with zero attached hydrogens (tertiary/aromatic N) is 3. The number of benzene rings is 1. The van der Waals surface area contributed by atoms with Crippen LogP contribution in [0.15, 0.2) is 54.4 Å². The molecule has 1 aliphatic heterocycles. The molecular weight excluding hydrogens is 348 g/mol. The third kappa shape index (κ3) is 3.99. The number of carbonyl (C=O) groups is 2. The molecule has 1 saturated heterocycles. The Morgan fingerprint density at radius 2 is 2.12 bits per heavy atom. The van der Waals surface area contributed by atoms with Crippen LogP contribution in [0, 0.1) is 0 Å². The van der Waals surface area contributed by atoms with Crippen LogP contribution in [0.3, 0.4) is 0 Å². The molecule has 0 radical (unpaired) electrons. The number of nitrogens with one attached hydrogen (secondary N) is 1. The summed E-state index contributed by atoms with van der Waals surface area (Å²) in [6.45, 7) is 3.79. The lowest BCUT2D eigenvalue weighted by atomic mass is 10.2. The van der Waals surface area contributed by atoms with Gasteiger partial charge in [0.05, 0.1) is 29.6 Å². The van der Waals surface area contributed by atoms with Crippen LogP contribution in [0.1, 0.15) is 20.3 Å². The van der Waals surface area contributed by atoms with Gasteiger partial charge in [0.2, 0.25) is 5.91 Å². The molecule has 1 aromatic carbocycles. The van der Waals surface area contributed by atoms with Gasteiger partial charge in [-0.05, 0) is 25.5 Å². The molecule has 2 heterocycles. The molecule has 1 atom stereocenters. The first-order valence-corrected chi connectivity index (χ1v) is 9.72. The molecular formula is C19H22N4O2S. The summed E-state index contributed by atoms with van der Waals surface area (Å²) in [5.41, 5.74) is 2.22. The topological polar surface area (TPSA) is 67.2 Å². The number of amides is 2. The Morgan fingerprint density at radius 3 is 2.85 bits per heavy atom. The van der Waals surface area contributed by atoms with Crippen LogP contribution >= 0.6 is 11.8 Å². The second-order valence-corrected chi connectivity index (χ2v) is 7.08. The average Bonchev–Trinajstić information content (AvgIpc) is 3.31. The highest BCUT2D eigenvalue weighted by Gasteiger charge is 2.35. The Morgan fingerprint density at radius 1 is 1.35 bits per heavy atom. The molecule has 0 bridgehead atoms. The molecule has 7 heteroatoms. The number of hydrogen-bond donors (Lipinski definition) is 1. The van der Waals surface area contributed by atoms with E-state index < -0.39 is 6.04 Å². The molecule has 1 unspecified atom stereocenters. The van der Waals surface area contributed by atoms with Crippen molar-refractivity contribution in [2.45, 2.75) is 26.3 Å². The SMILES string of the molecule is CC/C=C(/C)C(=O)N1CSCC1C(=O)Nc1cnn(-c2ccccc2)c1. The number of anilines is 1. The number of carbonyl (C=O) groups excluding carboxylic acids is 2. The maximum Gasteiger partial charge on any atom is 0.250 e. The Kier molecular flexibility index (Phi) is 5.78. The minimum absolute atomic E-state index is 0.0722. The minimum atomic E-state index is -0.465. The first-order valence-electron chi connectivity index (χ1n) is 8.56. The van der Waals surface area contributed by atoms with E-state index in [2.05, 4.69) is 10.4 Å². The van der Waals surface area contributed by atoms with Crippen LogP contribution in [-0.4, -0.2) is 44.2 Å². The van der Waals surface area contributed by atoms with E-state index in [0.29, 0.717) is 22.9 Å². The van der Waals surface area contributed by atoms with E-state index in [4.69, 9.17) is 0 Å². The third-order valence-electron chi connectivity index (χ3n) is 4.16. The maximum atomic E-state index is 12.7. The lowest BCUT2D eigenvalue weighted by molar-refractivity contribution is -0.133. The van der Waals surface area contributed by atoms with Gasteiger partial charge >= 0.3 is 0 Å². The van der Waals surface area contributed by atoms with Gasteiger partial charge in [0, 0.05) is 11.3 Å². The summed E-state index contributed by atoms with van der Waals surface area (Å²) in [6, 6.07) is 9.22. The molecule has 1 aliphatic rings. The average molecular weight is 370 g/mol. The lowest BCUT2D eigenvalue weighted by Gasteiger charge is -2.23. The molecule has 136 valence electrons. The molecule has 0 spiro atoms. The second kappa shape index (κ2) is 8.23. The second-order valence-electron chi connectivity index (χ2n) is 6.08. The number of allylic oxidation sites excluding steroid dienone is 1. The first kappa shape index (κ1) is 18.3. The van der Waals surface area contributed by atoms with E-state index in [1.807, 2.05) is 43.3 Å². The Balaban J connectivity index is 1.69. The molecule has 1 N–H and O–H groups in total. The number of thioether (sulfide) groups is 1. The molecule has 26 heavy (non-hydrogen) atoms. The number of aromatic nitrogens is 2. The van der Waals surface area contributed by atoms with Gasteiger partial charge in [-0.15, -0.1) is 11.8 Å². The summed E-state index contributed by atoms with van der Waals surface area (Å²) in [4.78, 5) is 26.9. The van der Waals surface area contributed by atoms with Gasteiger partial charge in [0.15, 0.2) is 0 Å². The quantitative estimate of drug-likeness (QED) is 0.822. The predicted octanol–water partition coefficient (Wildman–Crippen LogP) is 3.07. The molecule has 6 nitrogen and oxygen atoms in total. The lowest BCUT2D eigenvalue weighted by Crippen LogP contribution is -2.44. The van der Waals surface area contributed by atoms with E-state index in [1.165, 1.54) is 0 Å². The van der Waals surface area contributed by atoms with Crippen molar-refractivity contribution < 1.29 is 9.59 Å².